The Kier molecular flexibility index (Phi) is 4.62. The van der Waals surface area contributed by atoms with Crippen molar-refractivity contribution in [2.75, 3.05) is 20.2 Å². The maximum Gasteiger partial charge on any atom is 0.257 e. The first kappa shape index (κ1) is 15.6. The normalized spacial score (nSPS) is 18.0. The molecule has 2 N–H and O–H groups in total. The average molecular weight is 314 g/mol. The number of ether oxygens (including phenoxy) is 1. The lowest BCUT2D eigenvalue weighted by Gasteiger charge is -2.30. The highest BCUT2D eigenvalue weighted by Crippen LogP contribution is 2.14. The number of likely N-dealkylation sites (tertiary alicyclic amines) is 1. The molecule has 0 unspecified atom stereocenters. The number of aromatic nitrogens is 2. The molecule has 2 heterocycles. The van der Waals surface area contributed by atoms with Crippen LogP contribution in [0.2, 0.25) is 0 Å². The minimum Gasteiger partial charge on any atom is -0.497 e. The van der Waals surface area contributed by atoms with Gasteiger partial charge in [0.05, 0.1) is 25.4 Å². The molecule has 2 aromatic rings. The van der Waals surface area contributed by atoms with E-state index >= 15 is 0 Å². The van der Waals surface area contributed by atoms with E-state index in [1.807, 2.05) is 29.2 Å². The average Bonchev–Trinajstić information content (AvgIpc) is 3.03. The molecule has 1 amide bonds. The fourth-order valence-corrected chi connectivity index (χ4v) is 2.86. The van der Waals surface area contributed by atoms with Crippen LogP contribution in [-0.2, 0) is 6.54 Å². The number of benzene rings is 1. The highest BCUT2D eigenvalue weighted by atomic mass is 16.5. The maximum atomic E-state index is 12.5. The van der Waals surface area contributed by atoms with Crippen LogP contribution >= 0.6 is 0 Å². The fraction of sp³-hybridized carbons (Fsp3) is 0.412. The molecule has 1 fully saturated rings. The van der Waals surface area contributed by atoms with Gasteiger partial charge in [-0.25, -0.2) is 0 Å². The second-order valence-electron chi connectivity index (χ2n) is 5.93. The number of hydrogen-bond donors (Lipinski definition) is 1. The highest BCUT2D eigenvalue weighted by molar-refractivity contribution is 5.93. The second kappa shape index (κ2) is 6.83. The summed E-state index contributed by atoms with van der Waals surface area (Å²) in [4.78, 5) is 14.3. The Bertz CT molecular complexity index is 665. The van der Waals surface area contributed by atoms with Crippen molar-refractivity contribution >= 4 is 5.91 Å². The molecule has 1 aliphatic rings. The van der Waals surface area contributed by atoms with E-state index in [-0.39, 0.29) is 11.9 Å². The van der Waals surface area contributed by atoms with Gasteiger partial charge in [-0.05, 0) is 30.5 Å². The van der Waals surface area contributed by atoms with Crippen molar-refractivity contribution in [2.24, 2.45) is 5.73 Å². The van der Waals surface area contributed by atoms with E-state index in [1.165, 1.54) is 0 Å². The number of methoxy groups -OCH3 is 1. The molecule has 1 aromatic carbocycles. The zero-order valence-electron chi connectivity index (χ0n) is 13.3. The molecular weight excluding hydrogens is 292 g/mol. The Morgan fingerprint density at radius 2 is 2.17 bits per heavy atom. The van der Waals surface area contributed by atoms with E-state index in [1.54, 1.807) is 24.2 Å². The van der Waals surface area contributed by atoms with Crippen LogP contribution in [0.5, 0.6) is 5.75 Å². The molecule has 6 nitrogen and oxygen atoms in total. The number of piperidine rings is 1. The van der Waals surface area contributed by atoms with Gasteiger partial charge in [0.2, 0.25) is 0 Å². The number of nitrogens with two attached hydrogens (primary N) is 1. The van der Waals surface area contributed by atoms with Crippen molar-refractivity contribution in [3.05, 3.63) is 47.8 Å². The van der Waals surface area contributed by atoms with Gasteiger partial charge in [-0.3, -0.25) is 9.48 Å². The van der Waals surface area contributed by atoms with Crippen LogP contribution in [0.15, 0.2) is 36.7 Å². The van der Waals surface area contributed by atoms with Gasteiger partial charge in [0.1, 0.15) is 5.75 Å². The molecule has 0 spiro atoms. The summed E-state index contributed by atoms with van der Waals surface area (Å²) in [5.41, 5.74) is 7.67. The maximum absolute atomic E-state index is 12.5. The smallest absolute Gasteiger partial charge is 0.257 e. The van der Waals surface area contributed by atoms with Crippen molar-refractivity contribution in [1.29, 1.82) is 0 Å². The monoisotopic (exact) mass is 314 g/mol. The molecule has 0 radical (unpaired) electrons. The lowest BCUT2D eigenvalue weighted by molar-refractivity contribution is 0.0708. The van der Waals surface area contributed by atoms with E-state index in [0.717, 1.165) is 30.7 Å². The van der Waals surface area contributed by atoms with Crippen LogP contribution in [0.1, 0.15) is 28.8 Å². The van der Waals surface area contributed by atoms with Gasteiger partial charge in [-0.1, -0.05) is 12.1 Å². The first-order chi connectivity index (χ1) is 11.2. The summed E-state index contributed by atoms with van der Waals surface area (Å²) in [6.07, 6.45) is 5.38. The molecular formula is C17H22N4O2. The third kappa shape index (κ3) is 3.71. The van der Waals surface area contributed by atoms with Crippen molar-refractivity contribution in [2.45, 2.75) is 25.4 Å². The Morgan fingerprint density at radius 3 is 2.87 bits per heavy atom. The van der Waals surface area contributed by atoms with Crippen LogP contribution in [-0.4, -0.2) is 46.8 Å². The van der Waals surface area contributed by atoms with Gasteiger partial charge >= 0.3 is 0 Å². The first-order valence-electron chi connectivity index (χ1n) is 7.86. The van der Waals surface area contributed by atoms with Gasteiger partial charge in [0, 0.05) is 25.3 Å². The third-order valence-corrected chi connectivity index (χ3v) is 4.13. The zero-order valence-corrected chi connectivity index (χ0v) is 13.3. The van der Waals surface area contributed by atoms with E-state index in [9.17, 15) is 4.79 Å². The Morgan fingerprint density at radius 1 is 1.39 bits per heavy atom. The Labute approximate surface area is 135 Å². The number of carbonyl (C=O) groups is 1. The standard InChI is InChI=1S/C17H22N4O2/c1-23-16-6-4-13(5-7-16)10-21-11-14(9-19-21)17(22)20-8-2-3-15(18)12-20/h4-7,9,11,15H,2-3,8,10,12,18H2,1H3/t15-/m1/s1. The molecule has 122 valence electrons. The summed E-state index contributed by atoms with van der Waals surface area (Å²) in [6.45, 7) is 2.02. The van der Waals surface area contributed by atoms with Crippen LogP contribution in [0, 0.1) is 0 Å². The summed E-state index contributed by atoms with van der Waals surface area (Å²) < 4.78 is 6.92. The number of nitrogens with zero attached hydrogens (tertiary/aromatic N) is 3. The number of amides is 1. The molecule has 6 heteroatoms. The molecule has 3 rings (SSSR count). The van der Waals surface area contributed by atoms with E-state index in [2.05, 4.69) is 5.10 Å². The van der Waals surface area contributed by atoms with E-state index in [4.69, 9.17) is 10.5 Å². The van der Waals surface area contributed by atoms with E-state index < -0.39 is 0 Å². The van der Waals surface area contributed by atoms with E-state index in [0.29, 0.717) is 18.7 Å². The molecule has 23 heavy (non-hydrogen) atoms. The van der Waals surface area contributed by atoms with Crippen LogP contribution in [0.3, 0.4) is 0 Å². The Hall–Kier alpha value is -2.34. The minimum absolute atomic E-state index is 0.0149. The topological polar surface area (TPSA) is 73.4 Å². The minimum atomic E-state index is 0.0149. The third-order valence-electron chi connectivity index (χ3n) is 4.13. The molecule has 1 saturated heterocycles. The molecule has 0 saturated carbocycles. The second-order valence-corrected chi connectivity index (χ2v) is 5.93. The van der Waals surface area contributed by atoms with Gasteiger partial charge < -0.3 is 15.4 Å². The van der Waals surface area contributed by atoms with Gasteiger partial charge in [-0.15, -0.1) is 0 Å². The molecule has 1 atom stereocenters. The lowest BCUT2D eigenvalue weighted by atomic mass is 10.1. The SMILES string of the molecule is COc1ccc(Cn2cc(C(=O)N3CCC[C@@H](N)C3)cn2)cc1. The number of rotatable bonds is 4. The number of carbonyl (C=O) groups excluding carboxylic acids is 1. The summed E-state index contributed by atoms with van der Waals surface area (Å²) in [6, 6.07) is 7.90. The van der Waals surface area contributed by atoms with Gasteiger partial charge in [-0.2, -0.15) is 5.10 Å². The molecule has 0 bridgehead atoms. The first-order valence-corrected chi connectivity index (χ1v) is 7.86. The Balaban J connectivity index is 1.66. The number of hydrogen-bond acceptors (Lipinski definition) is 4. The lowest BCUT2D eigenvalue weighted by Crippen LogP contribution is -2.45. The summed E-state index contributed by atoms with van der Waals surface area (Å²) in [5, 5.41) is 4.30. The molecule has 1 aromatic heterocycles. The van der Waals surface area contributed by atoms with Crippen LogP contribution < -0.4 is 10.5 Å². The van der Waals surface area contributed by atoms with Gasteiger partial charge in [0.15, 0.2) is 0 Å². The predicted molar refractivity (Wildman–Crippen MR) is 87.4 cm³/mol. The summed E-state index contributed by atoms with van der Waals surface area (Å²) in [7, 11) is 1.65. The van der Waals surface area contributed by atoms with Crippen LogP contribution in [0.4, 0.5) is 0 Å². The van der Waals surface area contributed by atoms with Crippen molar-refractivity contribution in [3.63, 3.8) is 0 Å². The van der Waals surface area contributed by atoms with Crippen molar-refractivity contribution < 1.29 is 9.53 Å². The molecule has 0 aliphatic carbocycles. The van der Waals surface area contributed by atoms with Crippen LogP contribution in [0.25, 0.3) is 0 Å². The predicted octanol–water partition coefficient (Wildman–Crippen LogP) is 1.50. The quantitative estimate of drug-likeness (QED) is 0.928. The van der Waals surface area contributed by atoms with Gasteiger partial charge in [0.25, 0.3) is 5.91 Å². The summed E-state index contributed by atoms with van der Waals surface area (Å²) >= 11 is 0. The van der Waals surface area contributed by atoms with Crippen molar-refractivity contribution in [3.8, 4) is 5.75 Å². The summed E-state index contributed by atoms with van der Waals surface area (Å²) in [5.74, 6) is 0.840. The van der Waals surface area contributed by atoms with Crippen molar-refractivity contribution in [1.82, 2.24) is 14.7 Å². The molecule has 1 aliphatic heterocycles. The largest absolute Gasteiger partial charge is 0.497 e. The zero-order chi connectivity index (χ0) is 16.2. The fourth-order valence-electron chi connectivity index (χ4n) is 2.86. The highest BCUT2D eigenvalue weighted by Gasteiger charge is 2.23.